The summed E-state index contributed by atoms with van der Waals surface area (Å²) in [6.07, 6.45) is 1.60. The number of benzene rings is 3. The van der Waals surface area contributed by atoms with Crippen LogP contribution < -0.4 is 16.4 Å². The summed E-state index contributed by atoms with van der Waals surface area (Å²) in [5, 5.41) is 2.72. The monoisotopic (exact) mass is 456 g/mol. The molecule has 4 N–H and O–H groups in total. The molecule has 0 aliphatic rings. The Morgan fingerprint density at radius 1 is 0.909 bits per heavy atom. The number of aryl methyl sites for hydroxylation is 2. The van der Waals surface area contributed by atoms with Crippen LogP contribution in [0.3, 0.4) is 0 Å². The molecule has 4 rings (SSSR count). The van der Waals surface area contributed by atoms with Gasteiger partial charge in [-0.2, -0.15) is 0 Å². The summed E-state index contributed by atoms with van der Waals surface area (Å²) >= 11 is 1.50. The fraction of sp³-hybridized carbons (Fsp3) is 0.185. The number of hydrogen-bond acceptors (Lipinski definition) is 4. The third-order valence-electron chi connectivity index (χ3n) is 5.79. The lowest BCUT2D eigenvalue weighted by atomic mass is 9.98. The molecule has 0 aliphatic heterocycles. The van der Waals surface area contributed by atoms with Crippen molar-refractivity contribution in [2.45, 2.75) is 33.2 Å². The molecule has 4 aromatic rings. The van der Waals surface area contributed by atoms with Gasteiger partial charge in [0.05, 0.1) is 5.69 Å². The maximum atomic E-state index is 12.6. The number of aromatic nitrogens is 1. The second-order valence-corrected chi connectivity index (χ2v) is 8.62. The number of primary amides is 1. The summed E-state index contributed by atoms with van der Waals surface area (Å²) in [6, 6.07) is 22.0. The van der Waals surface area contributed by atoms with Crippen molar-refractivity contribution in [3.63, 3.8) is 0 Å². The smallest absolute Gasteiger partial charge is 0.325 e. The van der Waals surface area contributed by atoms with E-state index in [9.17, 15) is 4.79 Å². The first-order valence-corrected chi connectivity index (χ1v) is 12.0. The molecular weight excluding hydrogens is 428 g/mol. The standard InChI is InChI=1S/C27H28N4OS/c1-3-18-10-7-11-19(4-2)25(18)31(27(29)32)24-17-33-26(30-24)21-13-8-12-20(15-21)23-14-6-5-9-22(23)16-28/h5-15,17H,3-4,16,28H2,1-2H3,(H2,29,32). The summed E-state index contributed by atoms with van der Waals surface area (Å²) in [6.45, 7) is 4.63. The van der Waals surface area contributed by atoms with Gasteiger partial charge >= 0.3 is 6.03 Å². The predicted octanol–water partition coefficient (Wildman–Crippen LogP) is 6.28. The Bertz CT molecular complexity index is 1260. The molecule has 168 valence electrons. The zero-order valence-electron chi connectivity index (χ0n) is 18.9. The molecule has 5 nitrogen and oxygen atoms in total. The molecule has 1 aromatic heterocycles. The Morgan fingerprint density at radius 3 is 2.21 bits per heavy atom. The van der Waals surface area contributed by atoms with Crippen molar-refractivity contribution < 1.29 is 4.79 Å². The highest BCUT2D eigenvalue weighted by molar-refractivity contribution is 7.13. The summed E-state index contributed by atoms with van der Waals surface area (Å²) in [7, 11) is 0. The second kappa shape index (κ2) is 9.98. The van der Waals surface area contributed by atoms with Gasteiger partial charge < -0.3 is 11.5 Å². The Morgan fingerprint density at radius 2 is 1.55 bits per heavy atom. The van der Waals surface area contributed by atoms with Crippen LogP contribution in [-0.2, 0) is 19.4 Å². The average molecular weight is 457 g/mol. The molecule has 0 radical (unpaired) electrons. The number of amides is 2. The molecule has 0 spiro atoms. The van der Waals surface area contributed by atoms with Crippen LogP contribution in [0, 0.1) is 0 Å². The molecular formula is C27H28N4OS. The summed E-state index contributed by atoms with van der Waals surface area (Å²) in [5.41, 5.74) is 19.1. The van der Waals surface area contributed by atoms with Crippen molar-refractivity contribution in [1.82, 2.24) is 4.98 Å². The summed E-state index contributed by atoms with van der Waals surface area (Å²) < 4.78 is 0. The van der Waals surface area contributed by atoms with E-state index in [1.54, 1.807) is 4.90 Å². The summed E-state index contributed by atoms with van der Waals surface area (Å²) in [5.74, 6) is 0.547. The van der Waals surface area contributed by atoms with E-state index in [0.717, 1.165) is 56.9 Å². The first kappa shape index (κ1) is 22.7. The van der Waals surface area contributed by atoms with E-state index in [0.29, 0.717) is 12.4 Å². The van der Waals surface area contributed by atoms with Crippen molar-refractivity contribution in [2.75, 3.05) is 4.90 Å². The Kier molecular flexibility index (Phi) is 6.87. The van der Waals surface area contributed by atoms with E-state index < -0.39 is 6.03 Å². The highest BCUT2D eigenvalue weighted by atomic mass is 32.1. The first-order valence-electron chi connectivity index (χ1n) is 11.1. The molecule has 1 heterocycles. The Hall–Kier alpha value is -3.48. The quantitative estimate of drug-likeness (QED) is 0.343. The number of carbonyl (C=O) groups excluding carboxylic acids is 1. The van der Waals surface area contributed by atoms with Crippen LogP contribution in [0.5, 0.6) is 0 Å². The number of rotatable bonds is 7. The van der Waals surface area contributed by atoms with E-state index in [4.69, 9.17) is 16.5 Å². The number of nitrogens with two attached hydrogens (primary N) is 2. The summed E-state index contributed by atoms with van der Waals surface area (Å²) in [4.78, 5) is 19.0. The van der Waals surface area contributed by atoms with Crippen LogP contribution in [0.2, 0.25) is 0 Å². The van der Waals surface area contributed by atoms with E-state index in [-0.39, 0.29) is 0 Å². The first-order chi connectivity index (χ1) is 16.1. The van der Waals surface area contributed by atoms with Crippen LogP contribution in [0.25, 0.3) is 21.7 Å². The van der Waals surface area contributed by atoms with E-state index in [1.165, 1.54) is 11.3 Å². The van der Waals surface area contributed by atoms with Gasteiger partial charge in [-0.15, -0.1) is 11.3 Å². The fourth-order valence-electron chi connectivity index (χ4n) is 4.14. The number of urea groups is 1. The molecule has 2 amide bonds. The molecule has 0 saturated heterocycles. The van der Waals surface area contributed by atoms with Crippen LogP contribution >= 0.6 is 11.3 Å². The zero-order chi connectivity index (χ0) is 23.4. The molecule has 3 aromatic carbocycles. The molecule has 0 atom stereocenters. The minimum Gasteiger partial charge on any atom is -0.351 e. The highest BCUT2D eigenvalue weighted by Crippen LogP contribution is 2.37. The van der Waals surface area contributed by atoms with Crippen molar-refractivity contribution in [3.05, 3.63) is 88.8 Å². The molecule has 0 bridgehead atoms. The maximum Gasteiger partial charge on any atom is 0.325 e. The SMILES string of the molecule is CCc1cccc(CC)c1N(C(N)=O)c1csc(-c2cccc(-c3ccccc3CN)c2)n1. The van der Waals surface area contributed by atoms with Gasteiger partial charge in [0.1, 0.15) is 5.01 Å². The van der Waals surface area contributed by atoms with Crippen molar-refractivity contribution >= 4 is 28.9 Å². The lowest BCUT2D eigenvalue weighted by Gasteiger charge is -2.24. The number of hydrogen-bond donors (Lipinski definition) is 2. The normalized spacial score (nSPS) is 10.9. The van der Waals surface area contributed by atoms with Crippen LogP contribution in [0.1, 0.15) is 30.5 Å². The second-order valence-electron chi connectivity index (χ2n) is 7.76. The third-order valence-corrected chi connectivity index (χ3v) is 6.67. The van der Waals surface area contributed by atoms with Gasteiger partial charge in [-0.25, -0.2) is 14.7 Å². The van der Waals surface area contributed by atoms with Gasteiger partial charge in [0.15, 0.2) is 5.82 Å². The lowest BCUT2D eigenvalue weighted by Crippen LogP contribution is -2.33. The van der Waals surface area contributed by atoms with E-state index >= 15 is 0 Å². The van der Waals surface area contributed by atoms with Crippen molar-refractivity contribution in [2.24, 2.45) is 11.5 Å². The number of anilines is 2. The van der Waals surface area contributed by atoms with Gasteiger partial charge in [0.25, 0.3) is 0 Å². The number of nitrogens with zero attached hydrogens (tertiary/aromatic N) is 2. The number of thiazole rings is 1. The highest BCUT2D eigenvalue weighted by Gasteiger charge is 2.23. The zero-order valence-corrected chi connectivity index (χ0v) is 19.7. The molecule has 33 heavy (non-hydrogen) atoms. The topological polar surface area (TPSA) is 85.2 Å². The van der Waals surface area contributed by atoms with E-state index in [1.807, 2.05) is 53.9 Å². The van der Waals surface area contributed by atoms with Crippen molar-refractivity contribution in [3.8, 4) is 21.7 Å². The van der Waals surface area contributed by atoms with Crippen LogP contribution in [0.15, 0.2) is 72.1 Å². The molecule has 0 saturated carbocycles. The van der Waals surface area contributed by atoms with Gasteiger partial charge in [-0.05, 0) is 46.7 Å². The molecule has 6 heteroatoms. The Balaban J connectivity index is 1.76. The van der Waals surface area contributed by atoms with Gasteiger partial charge in [-0.1, -0.05) is 74.5 Å². The Labute approximate surface area is 198 Å². The molecule has 0 aliphatic carbocycles. The number of carbonyl (C=O) groups is 1. The van der Waals surface area contributed by atoms with Crippen molar-refractivity contribution in [1.29, 1.82) is 0 Å². The fourth-order valence-corrected chi connectivity index (χ4v) is 4.92. The predicted molar refractivity (Wildman–Crippen MR) is 138 cm³/mol. The van der Waals surface area contributed by atoms with E-state index in [2.05, 4.69) is 32.0 Å². The average Bonchev–Trinajstić information content (AvgIpc) is 3.33. The third kappa shape index (κ3) is 4.53. The van der Waals surface area contributed by atoms with Gasteiger partial charge in [-0.3, -0.25) is 0 Å². The number of para-hydroxylation sites is 1. The maximum absolute atomic E-state index is 12.6. The van der Waals surface area contributed by atoms with Crippen LogP contribution in [0.4, 0.5) is 16.3 Å². The van der Waals surface area contributed by atoms with Gasteiger partial charge in [0.2, 0.25) is 0 Å². The molecule has 0 fully saturated rings. The largest absolute Gasteiger partial charge is 0.351 e. The van der Waals surface area contributed by atoms with Gasteiger partial charge in [0, 0.05) is 17.5 Å². The van der Waals surface area contributed by atoms with Crippen LogP contribution in [-0.4, -0.2) is 11.0 Å². The minimum atomic E-state index is -0.534. The molecule has 0 unspecified atom stereocenters. The lowest BCUT2D eigenvalue weighted by molar-refractivity contribution is 0.256. The minimum absolute atomic E-state index is 0.478.